The Bertz CT molecular complexity index is 570. The number of nitrogens with one attached hydrogen (secondary N) is 2. The van der Waals surface area contributed by atoms with Gasteiger partial charge >= 0.3 is 0 Å². The minimum Gasteiger partial charge on any atom is -0.496 e. The first-order valence-electron chi connectivity index (χ1n) is 8.21. The van der Waals surface area contributed by atoms with Gasteiger partial charge in [0.05, 0.1) is 13.2 Å². The number of benzene rings is 1. The Morgan fingerprint density at radius 1 is 1.39 bits per heavy atom. The van der Waals surface area contributed by atoms with E-state index in [1.807, 2.05) is 19.1 Å². The summed E-state index contributed by atoms with van der Waals surface area (Å²) in [5, 5.41) is 6.57. The van der Waals surface area contributed by atoms with E-state index >= 15 is 0 Å². The average molecular weight is 339 g/mol. The highest BCUT2D eigenvalue weighted by Crippen LogP contribution is 2.58. The zero-order chi connectivity index (χ0) is 15.7. The first kappa shape index (κ1) is 18.1. The van der Waals surface area contributed by atoms with Crippen LogP contribution in [0.15, 0.2) is 18.2 Å². The molecule has 128 valence electrons. The van der Waals surface area contributed by atoms with Gasteiger partial charge in [-0.3, -0.25) is 4.79 Å². The third kappa shape index (κ3) is 3.64. The number of aryl methyl sites for hydroxylation is 1. The van der Waals surface area contributed by atoms with Crippen LogP contribution in [0.2, 0.25) is 0 Å². The second-order valence-corrected chi connectivity index (χ2v) is 6.84. The summed E-state index contributed by atoms with van der Waals surface area (Å²) in [7, 11) is 1.67. The fraction of sp³-hybridized carbons (Fsp3) is 0.611. The molecule has 1 heterocycles. The van der Waals surface area contributed by atoms with E-state index in [0.717, 1.165) is 43.7 Å². The molecule has 1 amide bonds. The lowest BCUT2D eigenvalue weighted by molar-refractivity contribution is -0.123. The molecule has 23 heavy (non-hydrogen) atoms. The van der Waals surface area contributed by atoms with Crippen molar-refractivity contribution < 1.29 is 9.53 Å². The van der Waals surface area contributed by atoms with Gasteiger partial charge in [-0.15, -0.1) is 12.4 Å². The first-order valence-corrected chi connectivity index (χ1v) is 8.21. The monoisotopic (exact) mass is 338 g/mol. The van der Waals surface area contributed by atoms with Crippen LogP contribution in [-0.2, 0) is 4.79 Å². The van der Waals surface area contributed by atoms with Crippen LogP contribution < -0.4 is 15.4 Å². The number of carbonyl (C=O) groups is 1. The van der Waals surface area contributed by atoms with Crippen molar-refractivity contribution >= 4 is 18.3 Å². The van der Waals surface area contributed by atoms with Gasteiger partial charge in [-0.2, -0.15) is 0 Å². The number of carbonyl (C=O) groups excluding carboxylic acids is 1. The molecule has 1 aliphatic carbocycles. The molecule has 1 spiro atoms. The molecule has 2 atom stereocenters. The minimum atomic E-state index is -0.0262. The lowest BCUT2D eigenvalue weighted by Gasteiger charge is -2.24. The van der Waals surface area contributed by atoms with Crippen LogP contribution in [0.25, 0.3) is 0 Å². The van der Waals surface area contributed by atoms with Gasteiger partial charge in [0.15, 0.2) is 0 Å². The number of amides is 1. The zero-order valence-corrected chi connectivity index (χ0v) is 15.0. The lowest BCUT2D eigenvalue weighted by atomic mass is 9.91. The average Bonchev–Trinajstić information content (AvgIpc) is 3.21. The highest BCUT2D eigenvalue weighted by Gasteiger charge is 2.57. The van der Waals surface area contributed by atoms with Crippen molar-refractivity contribution in [1.82, 2.24) is 10.6 Å². The molecular weight excluding hydrogens is 312 g/mol. The topological polar surface area (TPSA) is 50.4 Å². The van der Waals surface area contributed by atoms with Gasteiger partial charge in [0.25, 0.3) is 0 Å². The maximum absolute atomic E-state index is 12.6. The standard InChI is InChI=1S/C18H26N2O2.ClH/c1-12-4-5-16(22-3)14(10-12)13(2)20-17(21)15-11-18(15)6-8-19-9-7-18;/h4-5,10,13,15,19H,6-9,11H2,1-3H3,(H,20,21);1H. The largest absolute Gasteiger partial charge is 0.496 e. The van der Waals surface area contributed by atoms with E-state index in [1.165, 1.54) is 5.56 Å². The zero-order valence-electron chi connectivity index (χ0n) is 14.1. The lowest BCUT2D eigenvalue weighted by Crippen LogP contribution is -2.34. The summed E-state index contributed by atoms with van der Waals surface area (Å²) in [6.07, 6.45) is 3.32. The van der Waals surface area contributed by atoms with Crippen LogP contribution in [-0.4, -0.2) is 26.1 Å². The maximum atomic E-state index is 12.6. The summed E-state index contributed by atoms with van der Waals surface area (Å²) in [4.78, 5) is 12.6. The molecule has 1 aliphatic heterocycles. The number of piperidine rings is 1. The molecule has 2 N–H and O–H groups in total. The summed E-state index contributed by atoms with van der Waals surface area (Å²) in [6.45, 7) is 6.19. The minimum absolute atomic E-state index is 0. The van der Waals surface area contributed by atoms with Crippen LogP contribution in [0, 0.1) is 18.3 Å². The van der Waals surface area contributed by atoms with E-state index in [2.05, 4.69) is 23.6 Å². The smallest absolute Gasteiger partial charge is 0.224 e. The predicted octanol–water partition coefficient (Wildman–Crippen LogP) is 2.99. The third-order valence-electron chi connectivity index (χ3n) is 5.32. The Hall–Kier alpha value is -1.26. The number of methoxy groups -OCH3 is 1. The van der Waals surface area contributed by atoms with Crippen molar-refractivity contribution in [3.63, 3.8) is 0 Å². The Balaban J connectivity index is 0.00000192. The molecule has 3 rings (SSSR count). The number of halogens is 1. The SMILES string of the molecule is COc1ccc(C)cc1C(C)NC(=O)C1CC12CCNCC2.Cl. The molecule has 2 aliphatic rings. The molecule has 0 aromatic heterocycles. The molecule has 1 aromatic carbocycles. The highest BCUT2D eigenvalue weighted by atomic mass is 35.5. The highest BCUT2D eigenvalue weighted by molar-refractivity contribution is 5.85. The van der Waals surface area contributed by atoms with Crippen LogP contribution in [0.1, 0.15) is 43.4 Å². The quantitative estimate of drug-likeness (QED) is 0.887. The van der Waals surface area contributed by atoms with Crippen molar-refractivity contribution in [2.75, 3.05) is 20.2 Å². The van der Waals surface area contributed by atoms with Gasteiger partial charge in [0.2, 0.25) is 5.91 Å². The van der Waals surface area contributed by atoms with Crippen molar-refractivity contribution in [3.05, 3.63) is 29.3 Å². The predicted molar refractivity (Wildman–Crippen MR) is 94.2 cm³/mol. The number of rotatable bonds is 4. The fourth-order valence-corrected chi connectivity index (χ4v) is 3.78. The summed E-state index contributed by atoms with van der Waals surface area (Å²) < 4.78 is 5.43. The van der Waals surface area contributed by atoms with E-state index in [4.69, 9.17) is 4.74 Å². The van der Waals surface area contributed by atoms with E-state index in [9.17, 15) is 4.79 Å². The van der Waals surface area contributed by atoms with E-state index in [-0.39, 0.29) is 35.7 Å². The third-order valence-corrected chi connectivity index (χ3v) is 5.32. The van der Waals surface area contributed by atoms with Gasteiger partial charge in [-0.25, -0.2) is 0 Å². The molecular formula is C18H27ClN2O2. The van der Waals surface area contributed by atoms with Crippen molar-refractivity contribution in [2.45, 2.75) is 39.2 Å². The molecule has 1 saturated heterocycles. The molecule has 5 heteroatoms. The second kappa shape index (κ2) is 7.10. The van der Waals surface area contributed by atoms with Gasteiger partial charge in [0.1, 0.15) is 5.75 Å². The molecule has 1 saturated carbocycles. The van der Waals surface area contributed by atoms with Crippen LogP contribution in [0.4, 0.5) is 0 Å². The van der Waals surface area contributed by atoms with Gasteiger partial charge in [-0.05, 0) is 57.7 Å². The van der Waals surface area contributed by atoms with Crippen molar-refractivity contribution in [2.24, 2.45) is 11.3 Å². The van der Waals surface area contributed by atoms with Crippen LogP contribution in [0.3, 0.4) is 0 Å². The maximum Gasteiger partial charge on any atom is 0.224 e. The molecule has 4 nitrogen and oxygen atoms in total. The second-order valence-electron chi connectivity index (χ2n) is 6.84. The van der Waals surface area contributed by atoms with Gasteiger partial charge in [-0.1, -0.05) is 17.7 Å². The van der Waals surface area contributed by atoms with Gasteiger partial charge in [0, 0.05) is 11.5 Å². The van der Waals surface area contributed by atoms with Crippen molar-refractivity contribution in [3.8, 4) is 5.75 Å². The Morgan fingerprint density at radius 3 is 2.74 bits per heavy atom. The van der Waals surface area contributed by atoms with Gasteiger partial charge < -0.3 is 15.4 Å². The molecule has 2 fully saturated rings. The summed E-state index contributed by atoms with van der Waals surface area (Å²) in [5.41, 5.74) is 2.51. The van der Waals surface area contributed by atoms with E-state index in [1.54, 1.807) is 7.11 Å². The van der Waals surface area contributed by atoms with E-state index < -0.39 is 0 Å². The first-order chi connectivity index (χ1) is 10.6. The fourth-order valence-electron chi connectivity index (χ4n) is 3.78. The summed E-state index contributed by atoms with van der Waals surface area (Å²) >= 11 is 0. The van der Waals surface area contributed by atoms with Crippen molar-refractivity contribution in [1.29, 1.82) is 0 Å². The molecule has 2 unspecified atom stereocenters. The molecule has 0 radical (unpaired) electrons. The Morgan fingerprint density at radius 2 is 2.09 bits per heavy atom. The van der Waals surface area contributed by atoms with Crippen LogP contribution >= 0.6 is 12.4 Å². The summed E-state index contributed by atoms with van der Waals surface area (Å²) in [5.74, 6) is 1.25. The molecule has 1 aromatic rings. The summed E-state index contributed by atoms with van der Waals surface area (Å²) in [6, 6.07) is 6.07. The number of hydrogen-bond acceptors (Lipinski definition) is 3. The number of hydrogen-bond donors (Lipinski definition) is 2. The molecule has 0 bridgehead atoms. The van der Waals surface area contributed by atoms with Crippen LogP contribution in [0.5, 0.6) is 5.75 Å². The Kier molecular flexibility index (Phi) is 5.58. The normalized spacial score (nSPS) is 22.8. The Labute approximate surface area is 144 Å². The van der Waals surface area contributed by atoms with E-state index in [0.29, 0.717) is 0 Å². The number of ether oxygens (including phenoxy) is 1.